The molecule has 3 heterocycles. The predicted molar refractivity (Wildman–Crippen MR) is 112 cm³/mol. The van der Waals surface area contributed by atoms with Crippen LogP contribution < -0.4 is 5.56 Å². The molecule has 1 saturated carbocycles. The molecule has 0 bridgehead atoms. The van der Waals surface area contributed by atoms with Gasteiger partial charge in [-0.3, -0.25) is 14.6 Å². The van der Waals surface area contributed by atoms with E-state index in [9.17, 15) is 14.7 Å². The normalized spacial score (nSPS) is 26.0. The Kier molecular flexibility index (Phi) is 4.62. The van der Waals surface area contributed by atoms with Crippen LogP contribution in [0.2, 0.25) is 0 Å². The summed E-state index contributed by atoms with van der Waals surface area (Å²) in [5, 5.41) is 17.0. The molecule has 7 heteroatoms. The maximum Gasteiger partial charge on any atom is 0.275 e. The second-order valence-corrected chi connectivity index (χ2v) is 8.42. The van der Waals surface area contributed by atoms with Crippen molar-refractivity contribution in [1.82, 2.24) is 19.7 Å². The Labute approximate surface area is 174 Å². The molecule has 1 aromatic carbocycles. The van der Waals surface area contributed by atoms with Crippen molar-refractivity contribution in [3.63, 3.8) is 0 Å². The molecule has 1 amide bonds. The van der Waals surface area contributed by atoms with Gasteiger partial charge in [0.25, 0.3) is 5.56 Å². The van der Waals surface area contributed by atoms with E-state index >= 15 is 0 Å². The summed E-state index contributed by atoms with van der Waals surface area (Å²) in [6.45, 7) is 1.00. The molecular weight excluding hydrogens is 380 g/mol. The van der Waals surface area contributed by atoms with Gasteiger partial charge < -0.3 is 10.0 Å². The summed E-state index contributed by atoms with van der Waals surface area (Å²) in [6.07, 6.45) is 7.63. The second kappa shape index (κ2) is 7.32. The highest BCUT2D eigenvalue weighted by Crippen LogP contribution is 2.48. The fourth-order valence-electron chi connectivity index (χ4n) is 5.17. The molecule has 2 aromatic heterocycles. The van der Waals surface area contributed by atoms with Gasteiger partial charge in [0.1, 0.15) is 6.54 Å². The van der Waals surface area contributed by atoms with Gasteiger partial charge in [-0.2, -0.15) is 5.10 Å². The third-order valence-corrected chi connectivity index (χ3v) is 6.75. The van der Waals surface area contributed by atoms with Crippen molar-refractivity contribution < 1.29 is 9.90 Å². The van der Waals surface area contributed by atoms with E-state index in [-0.39, 0.29) is 29.8 Å². The molecule has 1 aliphatic heterocycles. The maximum atomic E-state index is 13.0. The molecule has 0 radical (unpaired) electrons. The molecular formula is C23H24N4O3. The summed E-state index contributed by atoms with van der Waals surface area (Å²) in [5.41, 5.74) is -0.407. The number of nitrogens with zero attached hydrogens (tertiary/aromatic N) is 4. The summed E-state index contributed by atoms with van der Waals surface area (Å²) < 4.78 is 1.24. The van der Waals surface area contributed by atoms with Crippen LogP contribution >= 0.6 is 0 Å². The highest BCUT2D eigenvalue weighted by Gasteiger charge is 2.50. The fraction of sp³-hybridized carbons (Fsp3) is 0.391. The average molecular weight is 404 g/mol. The van der Waals surface area contributed by atoms with Crippen molar-refractivity contribution >= 4 is 16.7 Å². The smallest absolute Gasteiger partial charge is 0.275 e. The molecule has 5 rings (SSSR count). The van der Waals surface area contributed by atoms with E-state index in [1.807, 2.05) is 24.3 Å². The third-order valence-electron chi connectivity index (χ3n) is 6.75. The molecule has 2 aliphatic rings. The summed E-state index contributed by atoms with van der Waals surface area (Å²) in [7, 11) is 0. The lowest BCUT2D eigenvalue weighted by Crippen LogP contribution is -2.43. The van der Waals surface area contributed by atoms with E-state index in [1.165, 1.54) is 4.68 Å². The molecule has 154 valence electrons. The molecule has 2 fully saturated rings. The molecule has 1 aliphatic carbocycles. The molecule has 1 saturated heterocycles. The van der Waals surface area contributed by atoms with Gasteiger partial charge in [-0.1, -0.05) is 24.3 Å². The topological polar surface area (TPSA) is 88.3 Å². The van der Waals surface area contributed by atoms with Crippen LogP contribution in [0.25, 0.3) is 10.8 Å². The van der Waals surface area contributed by atoms with Gasteiger partial charge >= 0.3 is 0 Å². The Hall–Kier alpha value is -3.06. The minimum atomic E-state index is -0.968. The number of fused-ring (bicyclic) bond motifs is 2. The lowest BCUT2D eigenvalue weighted by molar-refractivity contribution is -0.131. The van der Waals surface area contributed by atoms with Gasteiger partial charge in [0.2, 0.25) is 5.91 Å². The molecule has 7 nitrogen and oxygen atoms in total. The number of hydrogen-bond donors (Lipinski definition) is 1. The zero-order valence-electron chi connectivity index (χ0n) is 16.6. The van der Waals surface area contributed by atoms with E-state index in [0.29, 0.717) is 24.9 Å². The van der Waals surface area contributed by atoms with Crippen LogP contribution in [-0.2, 0) is 16.9 Å². The number of aromatic nitrogens is 3. The number of likely N-dealkylation sites (tertiary alicyclic amines) is 1. The Balaban J connectivity index is 1.37. The minimum Gasteiger partial charge on any atom is -0.385 e. The molecule has 30 heavy (non-hydrogen) atoms. The lowest BCUT2D eigenvalue weighted by Gasteiger charge is -2.41. The first-order valence-corrected chi connectivity index (χ1v) is 10.4. The fourth-order valence-corrected chi connectivity index (χ4v) is 5.17. The molecule has 0 unspecified atom stereocenters. The Morgan fingerprint density at radius 2 is 2.03 bits per heavy atom. The monoisotopic (exact) mass is 404 g/mol. The number of amides is 1. The van der Waals surface area contributed by atoms with E-state index in [0.717, 1.165) is 23.8 Å². The van der Waals surface area contributed by atoms with E-state index < -0.39 is 5.60 Å². The van der Waals surface area contributed by atoms with Crippen molar-refractivity contribution in [2.24, 2.45) is 11.8 Å². The number of carbonyl (C=O) groups is 1. The number of rotatable bonds is 3. The maximum absolute atomic E-state index is 13.0. The summed E-state index contributed by atoms with van der Waals surface area (Å²) in [5.74, 6) is 0.0812. The highest BCUT2D eigenvalue weighted by molar-refractivity contribution is 5.81. The van der Waals surface area contributed by atoms with Crippen LogP contribution in [-0.4, -0.2) is 43.8 Å². The van der Waals surface area contributed by atoms with E-state index in [2.05, 4.69) is 10.1 Å². The van der Waals surface area contributed by atoms with Gasteiger partial charge in [-0.15, -0.1) is 0 Å². The summed E-state index contributed by atoms with van der Waals surface area (Å²) in [6, 6.07) is 11.0. The SMILES string of the molecule is O=C(Cn1ncc2ccccc2c1=O)N1C[C@@H]2CCC[C@@](O)(c3cccnc3)[C@@H]2C1. The Morgan fingerprint density at radius 3 is 2.87 bits per heavy atom. The molecule has 1 N–H and O–H groups in total. The minimum absolute atomic E-state index is 0.0271. The summed E-state index contributed by atoms with van der Waals surface area (Å²) >= 11 is 0. The number of hydrogen-bond acceptors (Lipinski definition) is 5. The first-order valence-electron chi connectivity index (χ1n) is 10.4. The number of pyridine rings is 1. The van der Waals surface area contributed by atoms with Gasteiger partial charge in [0.05, 0.1) is 17.2 Å². The van der Waals surface area contributed by atoms with Gasteiger partial charge in [-0.05, 0) is 37.3 Å². The average Bonchev–Trinajstić information content (AvgIpc) is 3.23. The standard InChI is InChI=1S/C23H24N4O3/c28-21(15-27-22(29)19-8-2-1-5-16(19)11-25-27)26-13-17-6-3-9-23(30,20(17)14-26)18-7-4-10-24-12-18/h1-2,4-5,7-8,10-12,17,20,30H,3,6,9,13-15H2/t17-,20+,23+/m0/s1. The van der Waals surface area contributed by atoms with E-state index in [1.54, 1.807) is 35.6 Å². The van der Waals surface area contributed by atoms with Crippen molar-refractivity contribution in [3.8, 4) is 0 Å². The third kappa shape index (κ3) is 3.10. The van der Waals surface area contributed by atoms with Crippen LogP contribution in [0, 0.1) is 11.8 Å². The molecule has 0 spiro atoms. The molecule has 3 atom stereocenters. The van der Waals surface area contributed by atoms with Crippen molar-refractivity contribution in [3.05, 3.63) is 70.9 Å². The van der Waals surface area contributed by atoms with Crippen molar-refractivity contribution in [2.45, 2.75) is 31.4 Å². The lowest BCUT2D eigenvalue weighted by atomic mass is 9.68. The number of aliphatic hydroxyl groups is 1. The van der Waals surface area contributed by atoms with Crippen LogP contribution in [0.15, 0.2) is 59.8 Å². The van der Waals surface area contributed by atoms with Gasteiger partial charge in [0.15, 0.2) is 0 Å². The largest absolute Gasteiger partial charge is 0.385 e. The quantitative estimate of drug-likeness (QED) is 0.721. The van der Waals surface area contributed by atoms with Gasteiger partial charge in [-0.25, -0.2) is 4.68 Å². The highest BCUT2D eigenvalue weighted by atomic mass is 16.3. The first-order chi connectivity index (χ1) is 14.6. The van der Waals surface area contributed by atoms with Crippen molar-refractivity contribution in [1.29, 1.82) is 0 Å². The summed E-state index contributed by atoms with van der Waals surface area (Å²) in [4.78, 5) is 31.7. The first kappa shape index (κ1) is 18.9. The van der Waals surface area contributed by atoms with Crippen LogP contribution in [0.1, 0.15) is 24.8 Å². The number of carbonyl (C=O) groups excluding carboxylic acids is 1. The van der Waals surface area contributed by atoms with Gasteiger partial charge in [0, 0.05) is 42.4 Å². The zero-order valence-corrected chi connectivity index (χ0v) is 16.6. The van der Waals surface area contributed by atoms with E-state index in [4.69, 9.17) is 0 Å². The zero-order chi connectivity index (χ0) is 20.7. The predicted octanol–water partition coefficient (Wildman–Crippen LogP) is 1.94. The Bertz CT molecular complexity index is 1150. The second-order valence-electron chi connectivity index (χ2n) is 8.42. The van der Waals surface area contributed by atoms with Crippen molar-refractivity contribution in [2.75, 3.05) is 13.1 Å². The van der Waals surface area contributed by atoms with Crippen LogP contribution in [0.4, 0.5) is 0 Å². The van der Waals surface area contributed by atoms with Crippen LogP contribution in [0.3, 0.4) is 0 Å². The Morgan fingerprint density at radius 1 is 1.17 bits per heavy atom. The number of benzene rings is 1. The molecule has 3 aromatic rings. The van der Waals surface area contributed by atoms with Crippen LogP contribution in [0.5, 0.6) is 0 Å².